The fourth-order valence-electron chi connectivity index (χ4n) is 1.76. The Hall–Kier alpha value is 0.0369. The Morgan fingerprint density at radius 2 is 1.78 bits per heavy atom. The van der Waals surface area contributed by atoms with Crippen molar-refractivity contribution in [3.05, 3.63) is 18.4 Å². The quantitative estimate of drug-likeness (QED) is 0.237. The Morgan fingerprint density at radius 1 is 1.17 bits per heavy atom. The molecule has 0 spiro atoms. The predicted octanol–water partition coefficient (Wildman–Crippen LogP) is -1.46. The van der Waals surface area contributed by atoms with Gasteiger partial charge in [-0.1, -0.05) is 0 Å². The first-order valence-electron chi connectivity index (χ1n) is 5.75. The number of hydrogen-bond donors (Lipinski definition) is 0. The lowest BCUT2D eigenvalue weighted by Gasteiger charge is -2.23. The van der Waals surface area contributed by atoms with Gasteiger partial charge in [0.15, 0.2) is 12.8 Å². The molecule has 1 heterocycles. The van der Waals surface area contributed by atoms with Crippen molar-refractivity contribution in [1.29, 1.82) is 0 Å². The van der Waals surface area contributed by atoms with Crippen LogP contribution in [0.3, 0.4) is 0 Å². The van der Waals surface area contributed by atoms with E-state index in [1.807, 2.05) is 6.92 Å². The lowest BCUT2D eigenvalue weighted by atomic mass is 10.3. The monoisotopic (exact) mass is 387 g/mol. The van der Waals surface area contributed by atoms with Crippen LogP contribution in [0.15, 0.2) is 17.1 Å². The van der Waals surface area contributed by atoms with E-state index in [0.717, 1.165) is 31.1 Å². The minimum absolute atomic E-state index is 0. The molecule has 0 amide bonds. The molecule has 0 aromatic carbocycles. The van der Waals surface area contributed by atoms with Gasteiger partial charge in [-0.2, -0.15) is 4.57 Å². The molecule has 0 aliphatic carbocycles. The number of aromatic nitrogens is 1. The number of nitrogens with zero attached hydrogens (tertiary/aromatic N) is 1. The highest BCUT2D eigenvalue weighted by Gasteiger charge is 2.36. The molecule has 1 aromatic heterocycles. The minimum atomic E-state index is -2.39. The predicted molar refractivity (Wildman–Crippen MR) is 64.5 cm³/mol. The van der Waals surface area contributed by atoms with Crippen LogP contribution in [0.1, 0.15) is 18.5 Å². The highest BCUT2D eigenvalue weighted by atomic mass is 127. The summed E-state index contributed by atoms with van der Waals surface area (Å²) in [4.78, 5) is 0. The van der Waals surface area contributed by atoms with Crippen molar-refractivity contribution in [2.75, 3.05) is 21.3 Å². The highest BCUT2D eigenvalue weighted by Crippen LogP contribution is 2.16. The van der Waals surface area contributed by atoms with Gasteiger partial charge >= 0.3 is 15.2 Å². The summed E-state index contributed by atoms with van der Waals surface area (Å²) in [6.07, 6.45) is 5.55. The molecular formula is C11H22INO4Si. The van der Waals surface area contributed by atoms with E-state index in [1.54, 1.807) is 34.0 Å². The topological polar surface area (TPSA) is 44.7 Å². The van der Waals surface area contributed by atoms with Crippen LogP contribution < -0.4 is 28.5 Å². The number of unbranched alkanes of at least 4 members (excludes halogenated alkanes) is 1. The van der Waals surface area contributed by atoms with Crippen molar-refractivity contribution in [1.82, 2.24) is 0 Å². The molecule has 0 saturated heterocycles. The van der Waals surface area contributed by atoms with Gasteiger partial charge in [0.2, 0.25) is 5.69 Å². The van der Waals surface area contributed by atoms with E-state index in [2.05, 4.69) is 4.57 Å². The Bertz CT molecular complexity index is 322. The summed E-state index contributed by atoms with van der Waals surface area (Å²) in [6, 6.07) is 0.841. The molecule has 0 N–H and O–H groups in total. The molecule has 1 rings (SSSR count). The molecule has 0 bridgehead atoms. The third kappa shape index (κ3) is 4.96. The van der Waals surface area contributed by atoms with Crippen LogP contribution in [0, 0.1) is 6.92 Å². The normalized spacial score (nSPS) is 11.3. The van der Waals surface area contributed by atoms with Crippen molar-refractivity contribution in [3.8, 4) is 0 Å². The highest BCUT2D eigenvalue weighted by molar-refractivity contribution is 6.60. The second kappa shape index (κ2) is 9.02. The summed E-state index contributed by atoms with van der Waals surface area (Å²) in [5.74, 6) is 0. The zero-order chi connectivity index (χ0) is 12.7. The largest absolute Gasteiger partial charge is 1.00 e. The molecule has 0 saturated carbocycles. The van der Waals surface area contributed by atoms with E-state index in [-0.39, 0.29) is 24.0 Å². The van der Waals surface area contributed by atoms with E-state index in [1.165, 1.54) is 0 Å². The third-order valence-electron chi connectivity index (χ3n) is 2.94. The lowest BCUT2D eigenvalue weighted by molar-refractivity contribution is -0.705. The van der Waals surface area contributed by atoms with Crippen LogP contribution in [0.25, 0.3) is 0 Å². The number of aryl methyl sites for hydroxylation is 2. The first-order chi connectivity index (χ1) is 8.17. The lowest BCUT2D eigenvalue weighted by Crippen LogP contribution is -3.00. The fourth-order valence-corrected chi connectivity index (χ4v) is 3.56. The SMILES string of the molecule is CO[Si](CCCC[n+]1cocc1C)(OC)OC.[I-]. The van der Waals surface area contributed by atoms with Gasteiger partial charge in [-0.25, -0.2) is 0 Å². The van der Waals surface area contributed by atoms with Crippen LogP contribution in [-0.4, -0.2) is 30.1 Å². The molecule has 0 aliphatic heterocycles. The van der Waals surface area contributed by atoms with Crippen molar-refractivity contribution >= 4 is 8.80 Å². The second-order valence-corrected chi connectivity index (χ2v) is 7.04. The minimum Gasteiger partial charge on any atom is -1.00 e. The number of hydrogen-bond acceptors (Lipinski definition) is 4. The van der Waals surface area contributed by atoms with E-state index in [9.17, 15) is 0 Å². The maximum atomic E-state index is 5.37. The van der Waals surface area contributed by atoms with E-state index in [4.69, 9.17) is 17.7 Å². The summed E-state index contributed by atoms with van der Waals surface area (Å²) in [6.45, 7) is 2.98. The summed E-state index contributed by atoms with van der Waals surface area (Å²) in [7, 11) is 2.56. The number of oxazole rings is 1. The van der Waals surface area contributed by atoms with Gasteiger partial charge in [0.1, 0.15) is 0 Å². The molecule has 0 radical (unpaired) electrons. The average Bonchev–Trinajstić information content (AvgIpc) is 2.76. The standard InChI is InChI=1S/C11H22NO4Si.HI/c1-11-9-16-10-12(11)7-5-6-8-17(13-2,14-3)15-4;/h9-10H,5-8H2,1-4H3;1H/q+1;/p-1. The van der Waals surface area contributed by atoms with Gasteiger partial charge < -0.3 is 41.7 Å². The molecular weight excluding hydrogens is 365 g/mol. The molecule has 1 aromatic rings. The number of halogens is 1. The van der Waals surface area contributed by atoms with Gasteiger partial charge in [0, 0.05) is 40.7 Å². The van der Waals surface area contributed by atoms with Gasteiger partial charge in [0.25, 0.3) is 0 Å². The molecule has 7 heteroatoms. The van der Waals surface area contributed by atoms with Gasteiger partial charge in [0.05, 0.1) is 0 Å². The third-order valence-corrected chi connectivity index (χ3v) is 5.78. The van der Waals surface area contributed by atoms with Crippen LogP contribution in [0.5, 0.6) is 0 Å². The Morgan fingerprint density at radius 3 is 2.22 bits per heavy atom. The van der Waals surface area contributed by atoms with Crippen molar-refractivity contribution in [3.63, 3.8) is 0 Å². The van der Waals surface area contributed by atoms with E-state index < -0.39 is 8.80 Å². The Balaban J connectivity index is 0.00000289. The van der Waals surface area contributed by atoms with E-state index >= 15 is 0 Å². The molecule has 0 fully saturated rings. The molecule has 0 unspecified atom stereocenters. The Kier molecular flexibility index (Phi) is 9.04. The zero-order valence-corrected chi connectivity index (χ0v) is 14.6. The maximum absolute atomic E-state index is 5.37. The van der Waals surface area contributed by atoms with E-state index in [0.29, 0.717) is 0 Å². The number of rotatable bonds is 8. The molecule has 0 atom stereocenters. The summed E-state index contributed by atoms with van der Waals surface area (Å²) < 4.78 is 23.3. The van der Waals surface area contributed by atoms with Crippen molar-refractivity contribution < 1.29 is 46.2 Å². The molecule has 106 valence electrons. The fraction of sp³-hybridized carbons (Fsp3) is 0.727. The second-order valence-electron chi connectivity index (χ2n) is 3.95. The summed E-state index contributed by atoms with van der Waals surface area (Å²) >= 11 is 0. The van der Waals surface area contributed by atoms with Crippen LogP contribution in [-0.2, 0) is 19.8 Å². The first kappa shape index (κ1) is 18.0. The van der Waals surface area contributed by atoms with Gasteiger partial charge in [-0.3, -0.25) is 0 Å². The summed E-state index contributed by atoms with van der Waals surface area (Å²) in [5, 5.41) is 0. The van der Waals surface area contributed by atoms with Crippen LogP contribution >= 0.6 is 0 Å². The maximum Gasteiger partial charge on any atom is 0.500 e. The van der Waals surface area contributed by atoms with Crippen LogP contribution in [0.2, 0.25) is 6.04 Å². The summed E-state index contributed by atoms with van der Waals surface area (Å²) in [5.41, 5.74) is 1.14. The Labute approximate surface area is 127 Å². The molecule has 5 nitrogen and oxygen atoms in total. The smallest absolute Gasteiger partial charge is 0.500 e. The van der Waals surface area contributed by atoms with Crippen LogP contribution in [0.4, 0.5) is 0 Å². The molecule has 18 heavy (non-hydrogen) atoms. The van der Waals surface area contributed by atoms with Gasteiger partial charge in [-0.05, 0) is 6.42 Å². The average molecular weight is 387 g/mol. The zero-order valence-electron chi connectivity index (χ0n) is 11.4. The first-order valence-corrected chi connectivity index (χ1v) is 7.68. The van der Waals surface area contributed by atoms with Crippen molar-refractivity contribution in [2.45, 2.75) is 32.4 Å². The molecule has 0 aliphatic rings. The van der Waals surface area contributed by atoms with Gasteiger partial charge in [-0.15, -0.1) is 0 Å². The van der Waals surface area contributed by atoms with Crippen molar-refractivity contribution in [2.24, 2.45) is 0 Å².